The van der Waals surface area contributed by atoms with Gasteiger partial charge in [-0.05, 0) is 37.3 Å². The molecule has 3 aliphatic rings. The monoisotopic (exact) mass is 545 g/mol. The highest BCUT2D eigenvalue weighted by Gasteiger charge is 2.55. The summed E-state index contributed by atoms with van der Waals surface area (Å²) >= 11 is 0. The number of nitrogens with two attached hydrogens (primary N) is 1. The average molecular weight is 546 g/mol. The number of rotatable bonds is 8. The quantitative estimate of drug-likeness (QED) is 0.169. The maximum absolute atomic E-state index is 14.1. The van der Waals surface area contributed by atoms with Crippen molar-refractivity contribution in [3.8, 4) is 0 Å². The lowest BCUT2D eigenvalue weighted by molar-refractivity contribution is -0.138. The number of carboxylic acid groups (broad SMARTS) is 1. The lowest BCUT2D eigenvalue weighted by Gasteiger charge is -2.26. The Morgan fingerprint density at radius 3 is 2.42 bits per heavy atom. The summed E-state index contributed by atoms with van der Waals surface area (Å²) < 4.78 is 58.2. The molecule has 2 saturated heterocycles. The van der Waals surface area contributed by atoms with Gasteiger partial charge < -0.3 is 25.4 Å². The van der Waals surface area contributed by atoms with E-state index in [2.05, 4.69) is 4.74 Å². The fraction of sp³-hybridized carbons (Fsp3) is 0.520. The Kier molecular flexibility index (Phi) is 10.4. The predicted octanol–water partition coefficient (Wildman–Crippen LogP) is 2.32. The van der Waals surface area contributed by atoms with Crippen molar-refractivity contribution in [3.05, 3.63) is 47.5 Å². The first-order valence-corrected chi connectivity index (χ1v) is 11.6. The van der Waals surface area contributed by atoms with Crippen LogP contribution in [0.5, 0.6) is 0 Å². The highest BCUT2D eigenvalue weighted by molar-refractivity contribution is 5.88. The first kappa shape index (κ1) is 30.7. The van der Waals surface area contributed by atoms with E-state index in [0.717, 1.165) is 18.7 Å². The molecule has 3 atom stereocenters. The van der Waals surface area contributed by atoms with Crippen molar-refractivity contribution in [1.29, 1.82) is 0 Å². The molecule has 1 aliphatic carbocycles. The van der Waals surface area contributed by atoms with E-state index < -0.39 is 41.0 Å². The fourth-order valence-corrected chi connectivity index (χ4v) is 4.59. The SMILES string of the molecule is C.N[C@@H](CC(=O)N1CC[C@H]2CN(C(=O)C3(F)CC3)C[C@H]21)Cc1cc(F)c(F)cc1F.O=CO/C=C/C(=O)O. The van der Waals surface area contributed by atoms with Crippen LogP contribution in [0.4, 0.5) is 17.6 Å². The first-order chi connectivity index (χ1) is 17.4. The second-order valence-corrected chi connectivity index (χ2v) is 9.28. The lowest BCUT2D eigenvalue weighted by Crippen LogP contribution is -2.44. The van der Waals surface area contributed by atoms with Gasteiger partial charge in [0.25, 0.3) is 12.4 Å². The summed E-state index contributed by atoms with van der Waals surface area (Å²) in [7, 11) is 0. The molecule has 0 spiro atoms. The minimum Gasteiger partial charge on any atom is -0.478 e. The average Bonchev–Trinajstić information content (AvgIpc) is 3.25. The second kappa shape index (κ2) is 12.9. The number of carbonyl (C=O) groups excluding carboxylic acids is 3. The normalized spacial score (nSPS) is 21.6. The van der Waals surface area contributed by atoms with Crippen LogP contribution in [0.1, 0.15) is 38.7 Å². The number of carbonyl (C=O) groups is 4. The van der Waals surface area contributed by atoms with Crippen LogP contribution in [0.15, 0.2) is 24.5 Å². The van der Waals surface area contributed by atoms with Crippen LogP contribution in [0.25, 0.3) is 0 Å². The molecular weight excluding hydrogens is 514 g/mol. The van der Waals surface area contributed by atoms with E-state index in [-0.39, 0.29) is 63.0 Å². The molecule has 2 amide bonds. The van der Waals surface area contributed by atoms with Gasteiger partial charge in [-0.3, -0.25) is 14.4 Å². The molecule has 4 rings (SSSR count). The number of aliphatic carboxylic acids is 1. The summed E-state index contributed by atoms with van der Waals surface area (Å²) in [5, 5.41) is 7.86. The maximum Gasteiger partial charge on any atom is 0.331 e. The van der Waals surface area contributed by atoms with Gasteiger partial charge in [-0.15, -0.1) is 0 Å². The van der Waals surface area contributed by atoms with Crippen LogP contribution in [0.2, 0.25) is 0 Å². The molecule has 3 N–H and O–H groups in total. The molecule has 0 radical (unpaired) electrons. The highest BCUT2D eigenvalue weighted by atomic mass is 19.2. The number of likely N-dealkylation sites (tertiary alicyclic amines) is 2. The van der Waals surface area contributed by atoms with E-state index >= 15 is 0 Å². The van der Waals surface area contributed by atoms with Gasteiger partial charge in [0.15, 0.2) is 17.3 Å². The van der Waals surface area contributed by atoms with E-state index in [0.29, 0.717) is 31.8 Å². The number of ether oxygens (including phenoxy) is 1. The van der Waals surface area contributed by atoms with Gasteiger partial charge in [0.2, 0.25) is 5.91 Å². The Morgan fingerprint density at radius 1 is 1.16 bits per heavy atom. The molecule has 0 aromatic heterocycles. The fourth-order valence-electron chi connectivity index (χ4n) is 4.59. The molecule has 210 valence electrons. The summed E-state index contributed by atoms with van der Waals surface area (Å²) in [6.07, 6.45) is 2.57. The number of halogens is 4. The number of alkyl halides is 1. The predicted molar refractivity (Wildman–Crippen MR) is 127 cm³/mol. The third kappa shape index (κ3) is 7.53. The Balaban J connectivity index is 0.000000493. The number of amides is 2. The molecular formula is C25H31F4N3O6. The summed E-state index contributed by atoms with van der Waals surface area (Å²) in [4.78, 5) is 47.0. The number of fused-ring (bicyclic) bond motifs is 1. The molecule has 38 heavy (non-hydrogen) atoms. The Bertz CT molecular complexity index is 1080. The van der Waals surface area contributed by atoms with Crippen molar-refractivity contribution in [3.63, 3.8) is 0 Å². The van der Waals surface area contributed by atoms with Gasteiger partial charge in [-0.2, -0.15) is 0 Å². The van der Waals surface area contributed by atoms with Crippen LogP contribution in [0, 0.1) is 23.4 Å². The molecule has 0 unspecified atom stereocenters. The van der Waals surface area contributed by atoms with Gasteiger partial charge in [0.1, 0.15) is 12.1 Å². The van der Waals surface area contributed by atoms with E-state index in [1.165, 1.54) is 4.90 Å². The molecule has 2 heterocycles. The van der Waals surface area contributed by atoms with Gasteiger partial charge in [0.05, 0.1) is 12.1 Å². The largest absolute Gasteiger partial charge is 0.478 e. The van der Waals surface area contributed by atoms with Crippen LogP contribution in [0.3, 0.4) is 0 Å². The number of nitrogens with zero attached hydrogens (tertiary/aromatic N) is 2. The van der Waals surface area contributed by atoms with Crippen molar-refractivity contribution >= 4 is 24.3 Å². The van der Waals surface area contributed by atoms with Crippen molar-refractivity contribution < 1.29 is 46.6 Å². The minimum atomic E-state index is -1.72. The zero-order valence-corrected chi connectivity index (χ0v) is 19.7. The van der Waals surface area contributed by atoms with Crippen LogP contribution < -0.4 is 5.73 Å². The Morgan fingerprint density at radius 2 is 1.82 bits per heavy atom. The first-order valence-electron chi connectivity index (χ1n) is 11.6. The Labute approximate surface area is 217 Å². The number of carboxylic acids is 1. The van der Waals surface area contributed by atoms with Crippen LogP contribution in [-0.2, 0) is 30.3 Å². The smallest absolute Gasteiger partial charge is 0.331 e. The summed E-state index contributed by atoms with van der Waals surface area (Å²) in [6, 6.07) is 0.291. The van der Waals surface area contributed by atoms with Crippen LogP contribution >= 0.6 is 0 Å². The number of hydrogen-bond donors (Lipinski definition) is 2. The van der Waals surface area contributed by atoms with E-state index in [1.807, 2.05) is 0 Å². The molecule has 3 fully saturated rings. The van der Waals surface area contributed by atoms with Gasteiger partial charge >= 0.3 is 5.97 Å². The van der Waals surface area contributed by atoms with Crippen LogP contribution in [-0.4, -0.2) is 76.5 Å². The molecule has 9 nitrogen and oxygen atoms in total. The van der Waals surface area contributed by atoms with Gasteiger partial charge in [-0.1, -0.05) is 7.43 Å². The Hall–Kier alpha value is -3.48. The van der Waals surface area contributed by atoms with Crippen molar-refractivity contribution in [2.24, 2.45) is 11.7 Å². The number of benzene rings is 1. The third-order valence-electron chi connectivity index (χ3n) is 6.58. The topological polar surface area (TPSA) is 130 Å². The molecule has 2 aliphatic heterocycles. The number of hydrogen-bond acceptors (Lipinski definition) is 6. The van der Waals surface area contributed by atoms with Gasteiger partial charge in [0, 0.05) is 44.1 Å². The lowest BCUT2D eigenvalue weighted by atomic mass is 10.0. The molecule has 1 saturated carbocycles. The highest BCUT2D eigenvalue weighted by Crippen LogP contribution is 2.43. The zero-order valence-electron chi connectivity index (χ0n) is 19.7. The summed E-state index contributed by atoms with van der Waals surface area (Å²) in [5.74, 6) is -5.09. The summed E-state index contributed by atoms with van der Waals surface area (Å²) in [6.45, 7) is 1.43. The molecule has 1 aromatic rings. The van der Waals surface area contributed by atoms with E-state index in [4.69, 9.17) is 10.8 Å². The zero-order chi connectivity index (χ0) is 27.3. The molecule has 0 bridgehead atoms. The van der Waals surface area contributed by atoms with Crippen molar-refractivity contribution in [1.82, 2.24) is 9.80 Å². The molecule has 13 heteroatoms. The van der Waals surface area contributed by atoms with E-state index in [9.17, 15) is 36.7 Å². The van der Waals surface area contributed by atoms with Crippen molar-refractivity contribution in [2.45, 2.75) is 57.3 Å². The summed E-state index contributed by atoms with van der Waals surface area (Å²) in [5.41, 5.74) is 4.16. The maximum atomic E-state index is 14.1. The molecule has 1 aromatic carbocycles. The second-order valence-electron chi connectivity index (χ2n) is 9.28. The minimum absolute atomic E-state index is 0. The third-order valence-corrected chi connectivity index (χ3v) is 6.58. The standard InChI is InChI=1S/C20H23F4N3O2.C4H4O4.CH4/c21-14-8-16(23)15(22)6-12(14)5-13(25)7-18(28)27-4-1-11-9-26(10-17(11)27)19(29)20(24)2-3-20;5-3-8-2-1-4(6)7;/h6,8,11,13,17H,1-5,7,9-10,25H2;1-3H,(H,6,7);1H4/b;2-1+;/t11-,13+,17+;;/m0../s1. The van der Waals surface area contributed by atoms with Crippen molar-refractivity contribution in [2.75, 3.05) is 19.6 Å². The van der Waals surface area contributed by atoms with Gasteiger partial charge in [-0.25, -0.2) is 22.4 Å². The van der Waals surface area contributed by atoms with E-state index in [1.54, 1.807) is 4.90 Å².